The van der Waals surface area contributed by atoms with Crippen molar-refractivity contribution in [1.29, 1.82) is 0 Å². The van der Waals surface area contributed by atoms with Gasteiger partial charge in [-0.15, -0.1) is 0 Å². The number of unbranched alkanes of at least 4 members (excludes halogenated alkanes) is 12. The van der Waals surface area contributed by atoms with Crippen LogP contribution in [0, 0.1) is 0 Å². The van der Waals surface area contributed by atoms with Gasteiger partial charge in [-0.1, -0.05) is 76.9 Å². The van der Waals surface area contributed by atoms with Crippen molar-refractivity contribution in [3.63, 3.8) is 0 Å². The van der Waals surface area contributed by atoms with Crippen LogP contribution in [0.5, 0.6) is 0 Å². The number of allylic oxidation sites excluding steroid dienone is 2. The topological polar surface area (TPSA) is 40.1 Å². The Morgan fingerprint density at radius 2 is 1.14 bits per heavy atom. The monoisotopic (exact) mass is 318 g/mol. The fourth-order valence-electron chi connectivity index (χ4n) is 2.52. The zero-order valence-electron chi connectivity index (χ0n) is 15.1. The van der Waals surface area contributed by atoms with Crippen molar-refractivity contribution < 1.29 is 39.5 Å². The molecule has 0 atom stereocenters. The maximum Gasteiger partial charge on any atom is 1.00 e. The minimum absolute atomic E-state index is 0. The summed E-state index contributed by atoms with van der Waals surface area (Å²) in [4.78, 5) is 10.2. The van der Waals surface area contributed by atoms with E-state index in [1.54, 1.807) is 0 Å². The van der Waals surface area contributed by atoms with Crippen LogP contribution in [0.25, 0.3) is 0 Å². The largest absolute Gasteiger partial charge is 1.00 e. The Labute approximate surface area is 160 Å². The van der Waals surface area contributed by atoms with E-state index >= 15 is 0 Å². The first-order valence-electron chi connectivity index (χ1n) is 9.12. The SMILES string of the molecule is CCCCCCCCC=CCCCCCCCCC(=O)[O-].[Na+]. The van der Waals surface area contributed by atoms with Gasteiger partial charge < -0.3 is 9.90 Å². The molecule has 2 nitrogen and oxygen atoms in total. The average Bonchev–Trinajstić information content (AvgIpc) is 2.46. The van der Waals surface area contributed by atoms with Crippen LogP contribution < -0.4 is 34.7 Å². The Morgan fingerprint density at radius 1 is 0.727 bits per heavy atom. The van der Waals surface area contributed by atoms with Crippen molar-refractivity contribution in [3.8, 4) is 0 Å². The van der Waals surface area contributed by atoms with Crippen LogP contribution in [-0.2, 0) is 4.79 Å². The number of carbonyl (C=O) groups is 1. The van der Waals surface area contributed by atoms with Gasteiger partial charge in [-0.05, 0) is 38.5 Å². The van der Waals surface area contributed by atoms with Gasteiger partial charge >= 0.3 is 29.6 Å². The Bertz CT molecular complexity index is 252. The van der Waals surface area contributed by atoms with E-state index in [0.717, 1.165) is 19.3 Å². The summed E-state index contributed by atoms with van der Waals surface area (Å²) in [7, 11) is 0. The molecule has 0 rings (SSSR count). The molecule has 124 valence electrons. The van der Waals surface area contributed by atoms with E-state index in [0.29, 0.717) is 0 Å². The molecule has 0 aromatic carbocycles. The second kappa shape index (κ2) is 21.2. The third-order valence-corrected chi connectivity index (χ3v) is 3.89. The third kappa shape index (κ3) is 22.5. The molecule has 0 aromatic rings. The van der Waals surface area contributed by atoms with E-state index < -0.39 is 5.97 Å². The molecule has 0 aliphatic rings. The molecule has 0 saturated carbocycles. The molecule has 0 fully saturated rings. The van der Waals surface area contributed by atoms with Gasteiger partial charge in [0.05, 0.1) is 0 Å². The first-order valence-corrected chi connectivity index (χ1v) is 9.12. The van der Waals surface area contributed by atoms with E-state index in [1.165, 1.54) is 70.6 Å². The van der Waals surface area contributed by atoms with Gasteiger partial charge in [0.15, 0.2) is 0 Å². The first-order chi connectivity index (χ1) is 10.3. The van der Waals surface area contributed by atoms with Gasteiger partial charge in [0.2, 0.25) is 0 Å². The average molecular weight is 318 g/mol. The summed E-state index contributed by atoms with van der Waals surface area (Å²) in [6, 6.07) is 0. The zero-order valence-corrected chi connectivity index (χ0v) is 17.1. The maximum absolute atomic E-state index is 10.2. The summed E-state index contributed by atoms with van der Waals surface area (Å²) >= 11 is 0. The molecule has 0 aliphatic carbocycles. The summed E-state index contributed by atoms with van der Waals surface area (Å²) in [5, 5.41) is 10.2. The van der Waals surface area contributed by atoms with Crippen LogP contribution in [0.2, 0.25) is 0 Å². The minimum atomic E-state index is -0.912. The molecule has 0 bridgehead atoms. The zero-order chi connectivity index (χ0) is 15.6. The van der Waals surface area contributed by atoms with Crippen molar-refractivity contribution >= 4 is 5.97 Å². The molecule has 0 radical (unpaired) electrons. The number of carboxylic acids is 1. The molecular weight excluding hydrogens is 283 g/mol. The quantitative estimate of drug-likeness (QED) is 0.249. The Hall–Kier alpha value is 0.210. The molecule has 0 amide bonds. The fraction of sp³-hybridized carbons (Fsp3) is 0.842. The summed E-state index contributed by atoms with van der Waals surface area (Å²) in [5.41, 5.74) is 0. The first kappa shape index (κ1) is 24.5. The maximum atomic E-state index is 10.2. The molecule has 0 saturated heterocycles. The predicted octanol–water partition coefficient (Wildman–Crippen LogP) is 2.17. The summed E-state index contributed by atoms with van der Waals surface area (Å²) in [6.45, 7) is 2.26. The molecule has 3 heteroatoms. The van der Waals surface area contributed by atoms with Gasteiger partial charge in [0.1, 0.15) is 0 Å². The van der Waals surface area contributed by atoms with Crippen molar-refractivity contribution in [2.45, 2.75) is 103 Å². The number of aliphatic carboxylic acids is 1. The summed E-state index contributed by atoms with van der Waals surface area (Å²) in [6.07, 6.45) is 22.4. The van der Waals surface area contributed by atoms with Crippen molar-refractivity contribution in [2.75, 3.05) is 0 Å². The van der Waals surface area contributed by atoms with Crippen LogP contribution in [0.15, 0.2) is 12.2 Å². The Balaban J connectivity index is 0. The van der Waals surface area contributed by atoms with Crippen LogP contribution in [0.3, 0.4) is 0 Å². The van der Waals surface area contributed by atoms with Gasteiger partial charge in [0.25, 0.3) is 0 Å². The Kier molecular flexibility index (Phi) is 23.6. The third-order valence-electron chi connectivity index (χ3n) is 3.89. The molecular formula is C19H35NaO2. The van der Waals surface area contributed by atoms with E-state index in [9.17, 15) is 9.90 Å². The van der Waals surface area contributed by atoms with E-state index in [4.69, 9.17) is 0 Å². The molecule has 0 spiro atoms. The van der Waals surface area contributed by atoms with E-state index in [-0.39, 0.29) is 36.0 Å². The Morgan fingerprint density at radius 3 is 1.59 bits per heavy atom. The van der Waals surface area contributed by atoms with Crippen LogP contribution >= 0.6 is 0 Å². The van der Waals surface area contributed by atoms with E-state index in [2.05, 4.69) is 19.1 Å². The van der Waals surface area contributed by atoms with Gasteiger partial charge in [-0.3, -0.25) is 0 Å². The summed E-state index contributed by atoms with van der Waals surface area (Å²) in [5.74, 6) is -0.912. The number of carboxylic acid groups (broad SMARTS) is 1. The van der Waals surface area contributed by atoms with Gasteiger partial charge in [0, 0.05) is 5.97 Å². The second-order valence-electron chi connectivity index (χ2n) is 6.06. The van der Waals surface area contributed by atoms with Crippen molar-refractivity contribution in [2.24, 2.45) is 0 Å². The number of carbonyl (C=O) groups excluding carboxylic acids is 1. The molecule has 0 N–H and O–H groups in total. The minimum Gasteiger partial charge on any atom is -0.550 e. The molecule has 0 aromatic heterocycles. The standard InChI is InChI=1S/C19H36O2.Na/c1-2-3-4-5-6-7-8-9-10-11-12-13-14-15-16-17-18-19(20)21;/h9-10H,2-8,11-18H2,1H3,(H,20,21);/q;+1/p-1. The van der Waals surface area contributed by atoms with Crippen LogP contribution in [-0.4, -0.2) is 5.97 Å². The van der Waals surface area contributed by atoms with E-state index in [1.807, 2.05) is 0 Å². The van der Waals surface area contributed by atoms with Crippen LogP contribution in [0.1, 0.15) is 103 Å². The van der Waals surface area contributed by atoms with Crippen LogP contribution in [0.4, 0.5) is 0 Å². The molecule has 0 heterocycles. The van der Waals surface area contributed by atoms with Gasteiger partial charge in [-0.25, -0.2) is 0 Å². The smallest absolute Gasteiger partial charge is 0.550 e. The number of rotatable bonds is 16. The number of hydrogen-bond acceptors (Lipinski definition) is 2. The molecule has 0 aliphatic heterocycles. The normalized spacial score (nSPS) is 10.8. The van der Waals surface area contributed by atoms with Crippen molar-refractivity contribution in [3.05, 3.63) is 12.2 Å². The second-order valence-corrected chi connectivity index (χ2v) is 6.06. The predicted molar refractivity (Wildman–Crippen MR) is 89.1 cm³/mol. The van der Waals surface area contributed by atoms with Crippen molar-refractivity contribution in [1.82, 2.24) is 0 Å². The summed E-state index contributed by atoms with van der Waals surface area (Å²) < 4.78 is 0. The number of hydrogen-bond donors (Lipinski definition) is 0. The van der Waals surface area contributed by atoms with Gasteiger partial charge in [-0.2, -0.15) is 0 Å². The fourth-order valence-corrected chi connectivity index (χ4v) is 2.52. The molecule has 22 heavy (non-hydrogen) atoms. The molecule has 0 unspecified atom stereocenters.